The molecule has 1 aromatic carbocycles. The molecule has 4 rings (SSSR count). The van der Waals surface area contributed by atoms with Crippen LogP contribution in [-0.2, 0) is 29.0 Å². The van der Waals surface area contributed by atoms with Crippen molar-refractivity contribution in [2.75, 3.05) is 13.6 Å². The SMILES string of the molecule is CN(Cc1ccccc1)C(=O)CCc1nc(C2CCCN2C(=O)Cc2cccs2)no1. The monoisotopic (exact) mass is 438 g/mol. The molecule has 1 fully saturated rings. The van der Waals surface area contributed by atoms with E-state index in [1.807, 2.05) is 52.7 Å². The zero-order chi connectivity index (χ0) is 21.6. The second-order valence-corrected chi connectivity index (χ2v) is 8.82. The molecule has 2 aromatic heterocycles. The summed E-state index contributed by atoms with van der Waals surface area (Å²) in [6.07, 6.45) is 2.85. The standard InChI is InChI=1S/C23H26N4O3S/c1-26(16-17-7-3-2-4-8-17)21(28)12-11-20-24-23(25-30-20)19-10-5-13-27(19)22(29)15-18-9-6-14-31-18/h2-4,6-9,14,19H,5,10-13,15-16H2,1H3. The van der Waals surface area contributed by atoms with Gasteiger partial charge in [-0.2, -0.15) is 4.98 Å². The molecular weight excluding hydrogens is 412 g/mol. The number of benzene rings is 1. The van der Waals surface area contributed by atoms with Crippen molar-refractivity contribution in [2.45, 2.75) is 44.7 Å². The van der Waals surface area contributed by atoms with E-state index in [-0.39, 0.29) is 17.9 Å². The van der Waals surface area contributed by atoms with E-state index in [1.54, 1.807) is 23.3 Å². The third-order valence-corrected chi connectivity index (χ3v) is 6.38. The minimum Gasteiger partial charge on any atom is -0.341 e. The van der Waals surface area contributed by atoms with Crippen LogP contribution in [0, 0.1) is 0 Å². The molecule has 8 heteroatoms. The van der Waals surface area contributed by atoms with Gasteiger partial charge in [0, 0.05) is 37.9 Å². The Labute approximate surface area is 185 Å². The summed E-state index contributed by atoms with van der Waals surface area (Å²) in [6.45, 7) is 1.28. The van der Waals surface area contributed by atoms with Gasteiger partial charge in [-0.3, -0.25) is 9.59 Å². The number of carbonyl (C=O) groups is 2. The zero-order valence-electron chi connectivity index (χ0n) is 17.6. The first-order valence-corrected chi connectivity index (χ1v) is 11.4. The van der Waals surface area contributed by atoms with E-state index in [4.69, 9.17) is 4.52 Å². The van der Waals surface area contributed by atoms with E-state index in [1.165, 1.54) is 0 Å². The molecule has 0 saturated carbocycles. The Bertz CT molecular complexity index is 1000. The molecular formula is C23H26N4O3S. The summed E-state index contributed by atoms with van der Waals surface area (Å²) < 4.78 is 5.39. The summed E-state index contributed by atoms with van der Waals surface area (Å²) in [5, 5.41) is 6.10. The molecule has 1 aliphatic rings. The highest BCUT2D eigenvalue weighted by Gasteiger charge is 2.33. The fourth-order valence-corrected chi connectivity index (χ4v) is 4.55. The van der Waals surface area contributed by atoms with Gasteiger partial charge >= 0.3 is 0 Å². The zero-order valence-corrected chi connectivity index (χ0v) is 18.4. The van der Waals surface area contributed by atoms with Crippen LogP contribution >= 0.6 is 11.3 Å². The van der Waals surface area contributed by atoms with Gasteiger partial charge in [-0.25, -0.2) is 0 Å². The van der Waals surface area contributed by atoms with Crippen LogP contribution in [-0.4, -0.2) is 45.3 Å². The Morgan fingerprint density at radius 3 is 2.84 bits per heavy atom. The number of carbonyl (C=O) groups excluding carboxylic acids is 2. The highest BCUT2D eigenvalue weighted by Crippen LogP contribution is 2.31. The van der Waals surface area contributed by atoms with Gasteiger partial charge in [-0.05, 0) is 29.9 Å². The number of aromatic nitrogens is 2. The van der Waals surface area contributed by atoms with Crippen molar-refractivity contribution < 1.29 is 14.1 Å². The smallest absolute Gasteiger partial charge is 0.228 e. The number of aryl methyl sites for hydroxylation is 1. The van der Waals surface area contributed by atoms with E-state index in [0.717, 1.165) is 23.3 Å². The maximum Gasteiger partial charge on any atom is 0.228 e. The van der Waals surface area contributed by atoms with E-state index in [0.29, 0.717) is 44.1 Å². The van der Waals surface area contributed by atoms with E-state index >= 15 is 0 Å². The maximum absolute atomic E-state index is 12.7. The van der Waals surface area contributed by atoms with Crippen LogP contribution in [0.5, 0.6) is 0 Å². The topological polar surface area (TPSA) is 79.5 Å². The van der Waals surface area contributed by atoms with E-state index in [2.05, 4.69) is 10.1 Å². The largest absolute Gasteiger partial charge is 0.341 e. The molecule has 2 amide bonds. The number of nitrogens with zero attached hydrogens (tertiary/aromatic N) is 4. The van der Waals surface area contributed by atoms with Crippen molar-refractivity contribution in [3.05, 3.63) is 70.0 Å². The van der Waals surface area contributed by atoms with Crippen LogP contribution in [0.25, 0.3) is 0 Å². The molecule has 1 aliphatic heterocycles. The number of thiophene rings is 1. The van der Waals surface area contributed by atoms with Gasteiger partial charge in [-0.1, -0.05) is 41.6 Å². The summed E-state index contributed by atoms with van der Waals surface area (Å²) in [5.41, 5.74) is 1.09. The second-order valence-electron chi connectivity index (χ2n) is 7.78. The third-order valence-electron chi connectivity index (χ3n) is 5.50. The van der Waals surface area contributed by atoms with Gasteiger partial charge in [0.1, 0.15) is 0 Å². The summed E-state index contributed by atoms with van der Waals surface area (Å²) in [5.74, 6) is 1.09. The van der Waals surface area contributed by atoms with Crippen molar-refractivity contribution in [3.63, 3.8) is 0 Å². The Morgan fingerprint density at radius 1 is 1.23 bits per heavy atom. The van der Waals surface area contributed by atoms with Crippen molar-refractivity contribution in [1.82, 2.24) is 19.9 Å². The first-order chi connectivity index (χ1) is 15.1. The van der Waals surface area contributed by atoms with Crippen LogP contribution in [0.4, 0.5) is 0 Å². The summed E-state index contributed by atoms with van der Waals surface area (Å²) >= 11 is 1.59. The molecule has 0 N–H and O–H groups in total. The van der Waals surface area contributed by atoms with Crippen LogP contribution in [0.3, 0.4) is 0 Å². The molecule has 162 valence electrons. The minimum atomic E-state index is -0.151. The van der Waals surface area contributed by atoms with Gasteiger partial charge < -0.3 is 14.3 Å². The lowest BCUT2D eigenvalue weighted by Gasteiger charge is -2.21. The van der Waals surface area contributed by atoms with E-state index < -0.39 is 0 Å². The molecule has 7 nitrogen and oxygen atoms in total. The number of hydrogen-bond donors (Lipinski definition) is 0. The minimum absolute atomic E-state index is 0.0252. The Hall–Kier alpha value is -3.00. The Balaban J connectivity index is 1.31. The summed E-state index contributed by atoms with van der Waals surface area (Å²) in [4.78, 5) is 34.3. The highest BCUT2D eigenvalue weighted by molar-refractivity contribution is 7.10. The van der Waals surface area contributed by atoms with Crippen molar-refractivity contribution >= 4 is 23.2 Å². The van der Waals surface area contributed by atoms with Crippen LogP contribution in [0.15, 0.2) is 52.4 Å². The van der Waals surface area contributed by atoms with Gasteiger partial charge in [-0.15, -0.1) is 11.3 Å². The lowest BCUT2D eigenvalue weighted by molar-refractivity contribution is -0.131. The molecule has 0 bridgehead atoms. The molecule has 1 saturated heterocycles. The van der Waals surface area contributed by atoms with Gasteiger partial charge in [0.25, 0.3) is 0 Å². The molecule has 0 spiro atoms. The van der Waals surface area contributed by atoms with Crippen LogP contribution in [0.1, 0.15) is 47.5 Å². The molecule has 3 aromatic rings. The van der Waals surface area contributed by atoms with Crippen molar-refractivity contribution in [3.8, 4) is 0 Å². The molecule has 0 radical (unpaired) electrons. The lowest BCUT2D eigenvalue weighted by atomic mass is 10.2. The first kappa shape index (κ1) is 21.2. The molecule has 3 heterocycles. The molecule has 1 atom stereocenters. The number of hydrogen-bond acceptors (Lipinski definition) is 6. The maximum atomic E-state index is 12.7. The lowest BCUT2D eigenvalue weighted by Crippen LogP contribution is -2.32. The van der Waals surface area contributed by atoms with Gasteiger partial charge in [0.15, 0.2) is 5.82 Å². The Kier molecular flexibility index (Phi) is 6.76. The fourth-order valence-electron chi connectivity index (χ4n) is 3.85. The molecule has 0 aliphatic carbocycles. The van der Waals surface area contributed by atoms with Crippen LogP contribution in [0.2, 0.25) is 0 Å². The third kappa shape index (κ3) is 5.38. The molecule has 31 heavy (non-hydrogen) atoms. The number of likely N-dealkylation sites (tertiary alicyclic amines) is 1. The van der Waals surface area contributed by atoms with E-state index in [9.17, 15) is 9.59 Å². The van der Waals surface area contributed by atoms with Crippen molar-refractivity contribution in [2.24, 2.45) is 0 Å². The average Bonchev–Trinajstić information content (AvgIpc) is 3.53. The number of rotatable bonds is 8. The average molecular weight is 439 g/mol. The summed E-state index contributed by atoms with van der Waals surface area (Å²) in [7, 11) is 1.80. The summed E-state index contributed by atoms with van der Waals surface area (Å²) in [6, 6.07) is 13.7. The van der Waals surface area contributed by atoms with Crippen LogP contribution < -0.4 is 0 Å². The second kappa shape index (κ2) is 9.87. The predicted octanol–water partition coefficient (Wildman–Crippen LogP) is 3.63. The van der Waals surface area contributed by atoms with Gasteiger partial charge in [0.2, 0.25) is 17.7 Å². The predicted molar refractivity (Wildman–Crippen MR) is 117 cm³/mol. The fraction of sp³-hybridized carbons (Fsp3) is 0.391. The Morgan fingerprint density at radius 2 is 2.06 bits per heavy atom. The van der Waals surface area contributed by atoms with Crippen molar-refractivity contribution in [1.29, 1.82) is 0 Å². The quantitative estimate of drug-likeness (QED) is 0.537. The molecule has 1 unspecified atom stereocenters. The normalized spacial score (nSPS) is 15.9. The number of amides is 2. The first-order valence-electron chi connectivity index (χ1n) is 10.5. The highest BCUT2D eigenvalue weighted by atomic mass is 32.1. The van der Waals surface area contributed by atoms with Gasteiger partial charge in [0.05, 0.1) is 12.5 Å².